The van der Waals surface area contributed by atoms with Gasteiger partial charge in [-0.1, -0.05) is 13.3 Å². The summed E-state index contributed by atoms with van der Waals surface area (Å²) >= 11 is 0. The third kappa shape index (κ3) is 3.18. The number of hydrogen-bond donors (Lipinski definition) is 1. The van der Waals surface area contributed by atoms with Gasteiger partial charge in [0, 0.05) is 14.2 Å². The van der Waals surface area contributed by atoms with Crippen LogP contribution in [0.4, 0.5) is 0 Å². The van der Waals surface area contributed by atoms with Crippen LogP contribution in [-0.4, -0.2) is 31.2 Å². The summed E-state index contributed by atoms with van der Waals surface area (Å²) < 4.78 is 9.89. The van der Waals surface area contributed by atoms with Crippen LogP contribution in [0.3, 0.4) is 0 Å². The summed E-state index contributed by atoms with van der Waals surface area (Å²) in [7, 11) is 3.05. The minimum atomic E-state index is -0.877. The van der Waals surface area contributed by atoms with Gasteiger partial charge in [-0.25, -0.2) is 0 Å². The molecule has 0 spiro atoms. The first-order chi connectivity index (χ1) is 5.08. The first-order valence-corrected chi connectivity index (χ1v) is 3.86. The van der Waals surface area contributed by atoms with Crippen LogP contribution in [0.25, 0.3) is 0 Å². The quantitative estimate of drug-likeness (QED) is 0.616. The van der Waals surface area contributed by atoms with Crippen molar-refractivity contribution in [1.82, 2.24) is 0 Å². The molecule has 0 radical (unpaired) electrons. The van der Waals surface area contributed by atoms with Gasteiger partial charge in [0.25, 0.3) is 0 Å². The highest BCUT2D eigenvalue weighted by Crippen LogP contribution is 2.19. The molecular weight excluding hydrogens is 144 g/mol. The molecule has 68 valence electrons. The van der Waals surface area contributed by atoms with Crippen molar-refractivity contribution in [2.24, 2.45) is 0 Å². The van der Waals surface area contributed by atoms with E-state index in [1.165, 1.54) is 14.2 Å². The third-order valence-electron chi connectivity index (χ3n) is 1.69. The Morgan fingerprint density at radius 2 is 1.82 bits per heavy atom. The Balaban J connectivity index is 4.00. The van der Waals surface area contributed by atoms with E-state index >= 15 is 0 Å². The summed E-state index contributed by atoms with van der Waals surface area (Å²) in [6.45, 7) is 3.73. The van der Waals surface area contributed by atoms with E-state index in [1.54, 1.807) is 6.92 Å². The number of rotatable bonds is 5. The lowest BCUT2D eigenvalue weighted by atomic mass is 10.0. The average Bonchev–Trinajstić information content (AvgIpc) is 1.89. The van der Waals surface area contributed by atoms with Crippen LogP contribution in [0.15, 0.2) is 0 Å². The fraction of sp³-hybridized carbons (Fsp3) is 1.00. The predicted octanol–water partition coefficient (Wildman–Crippen LogP) is 1.16. The van der Waals surface area contributed by atoms with Crippen molar-refractivity contribution in [2.75, 3.05) is 14.2 Å². The molecule has 0 saturated heterocycles. The first-order valence-electron chi connectivity index (χ1n) is 3.86. The normalized spacial score (nSPS) is 16.9. The third-order valence-corrected chi connectivity index (χ3v) is 1.69. The Kier molecular flexibility index (Phi) is 4.65. The SMILES string of the molecule is CCCC(C)(O)C(OC)OC. The van der Waals surface area contributed by atoms with Gasteiger partial charge in [0.2, 0.25) is 0 Å². The van der Waals surface area contributed by atoms with E-state index < -0.39 is 11.9 Å². The maximum absolute atomic E-state index is 9.72. The van der Waals surface area contributed by atoms with Gasteiger partial charge in [0.05, 0.1) is 0 Å². The largest absolute Gasteiger partial charge is 0.385 e. The van der Waals surface area contributed by atoms with Crippen LogP contribution in [0, 0.1) is 0 Å². The maximum Gasteiger partial charge on any atom is 0.185 e. The van der Waals surface area contributed by atoms with Gasteiger partial charge in [0.1, 0.15) is 5.60 Å². The van der Waals surface area contributed by atoms with E-state index in [4.69, 9.17) is 9.47 Å². The number of methoxy groups -OCH3 is 2. The molecule has 0 aliphatic rings. The standard InChI is InChI=1S/C8H18O3/c1-5-6-8(2,9)7(10-3)11-4/h7,9H,5-6H2,1-4H3. The molecule has 0 rings (SSSR count). The number of aliphatic hydroxyl groups is 1. The Morgan fingerprint density at radius 3 is 2.09 bits per heavy atom. The van der Waals surface area contributed by atoms with Gasteiger partial charge in [0.15, 0.2) is 6.29 Å². The second-order valence-corrected chi connectivity index (χ2v) is 2.91. The van der Waals surface area contributed by atoms with Gasteiger partial charge in [-0.15, -0.1) is 0 Å². The summed E-state index contributed by atoms with van der Waals surface area (Å²) in [6, 6.07) is 0. The van der Waals surface area contributed by atoms with Crippen molar-refractivity contribution in [2.45, 2.75) is 38.6 Å². The number of ether oxygens (including phenoxy) is 2. The van der Waals surface area contributed by atoms with Gasteiger partial charge >= 0.3 is 0 Å². The molecule has 0 aromatic rings. The van der Waals surface area contributed by atoms with E-state index in [2.05, 4.69) is 0 Å². The first kappa shape index (κ1) is 10.9. The molecule has 0 amide bonds. The van der Waals surface area contributed by atoms with E-state index in [0.717, 1.165) is 6.42 Å². The Bertz CT molecular complexity index is 97.5. The molecule has 3 nitrogen and oxygen atoms in total. The lowest BCUT2D eigenvalue weighted by Crippen LogP contribution is -2.41. The van der Waals surface area contributed by atoms with E-state index in [9.17, 15) is 5.11 Å². The fourth-order valence-electron chi connectivity index (χ4n) is 1.23. The summed E-state index contributed by atoms with van der Waals surface area (Å²) in [5.74, 6) is 0. The van der Waals surface area contributed by atoms with Gasteiger partial charge < -0.3 is 14.6 Å². The minimum Gasteiger partial charge on any atom is -0.385 e. The van der Waals surface area contributed by atoms with Crippen molar-refractivity contribution in [3.63, 3.8) is 0 Å². The predicted molar refractivity (Wildman–Crippen MR) is 43.3 cm³/mol. The molecule has 0 aliphatic heterocycles. The highest BCUT2D eigenvalue weighted by Gasteiger charge is 2.30. The average molecular weight is 162 g/mol. The summed E-state index contributed by atoms with van der Waals surface area (Å²) in [5.41, 5.74) is -0.877. The molecule has 0 saturated carbocycles. The molecule has 1 unspecified atom stereocenters. The van der Waals surface area contributed by atoms with Gasteiger partial charge in [-0.3, -0.25) is 0 Å². The smallest absolute Gasteiger partial charge is 0.185 e. The molecular formula is C8H18O3. The Labute approximate surface area is 68.3 Å². The molecule has 0 bridgehead atoms. The zero-order chi connectivity index (χ0) is 8.91. The monoisotopic (exact) mass is 162 g/mol. The van der Waals surface area contributed by atoms with Gasteiger partial charge in [-0.05, 0) is 13.3 Å². The molecule has 1 N–H and O–H groups in total. The molecule has 3 heteroatoms. The van der Waals surface area contributed by atoms with Crippen LogP contribution in [0.2, 0.25) is 0 Å². The number of hydrogen-bond acceptors (Lipinski definition) is 3. The Morgan fingerprint density at radius 1 is 1.36 bits per heavy atom. The molecule has 0 aliphatic carbocycles. The zero-order valence-electron chi connectivity index (χ0n) is 7.76. The lowest BCUT2D eigenvalue weighted by molar-refractivity contribution is -0.210. The molecule has 11 heavy (non-hydrogen) atoms. The zero-order valence-corrected chi connectivity index (χ0v) is 7.76. The topological polar surface area (TPSA) is 38.7 Å². The van der Waals surface area contributed by atoms with Crippen molar-refractivity contribution < 1.29 is 14.6 Å². The minimum absolute atomic E-state index is 0.526. The van der Waals surface area contributed by atoms with Crippen molar-refractivity contribution >= 4 is 0 Å². The lowest BCUT2D eigenvalue weighted by Gasteiger charge is -2.29. The highest BCUT2D eigenvalue weighted by molar-refractivity contribution is 4.75. The highest BCUT2D eigenvalue weighted by atomic mass is 16.7. The second kappa shape index (κ2) is 4.70. The van der Waals surface area contributed by atoms with E-state index in [-0.39, 0.29) is 0 Å². The van der Waals surface area contributed by atoms with Gasteiger partial charge in [-0.2, -0.15) is 0 Å². The second-order valence-electron chi connectivity index (χ2n) is 2.91. The summed E-state index contributed by atoms with van der Waals surface area (Å²) in [5, 5.41) is 9.72. The van der Waals surface area contributed by atoms with Crippen molar-refractivity contribution in [3.8, 4) is 0 Å². The van der Waals surface area contributed by atoms with Crippen LogP contribution in [-0.2, 0) is 9.47 Å². The molecule has 0 heterocycles. The molecule has 0 fully saturated rings. The molecule has 1 atom stereocenters. The van der Waals surface area contributed by atoms with Crippen molar-refractivity contribution in [1.29, 1.82) is 0 Å². The summed E-state index contributed by atoms with van der Waals surface area (Å²) in [4.78, 5) is 0. The van der Waals surface area contributed by atoms with E-state index in [1.807, 2.05) is 6.92 Å². The fourth-order valence-corrected chi connectivity index (χ4v) is 1.23. The maximum atomic E-state index is 9.72. The van der Waals surface area contributed by atoms with E-state index in [0.29, 0.717) is 6.42 Å². The van der Waals surface area contributed by atoms with Crippen LogP contribution in [0.1, 0.15) is 26.7 Å². The molecule has 0 aromatic carbocycles. The van der Waals surface area contributed by atoms with Crippen LogP contribution >= 0.6 is 0 Å². The van der Waals surface area contributed by atoms with Crippen LogP contribution in [0.5, 0.6) is 0 Å². The summed E-state index contributed by atoms with van der Waals surface area (Å²) in [6.07, 6.45) is 1.07. The molecule has 0 aromatic heterocycles. The van der Waals surface area contributed by atoms with Crippen molar-refractivity contribution in [3.05, 3.63) is 0 Å². The Hall–Kier alpha value is -0.120. The van der Waals surface area contributed by atoms with Crippen LogP contribution < -0.4 is 0 Å².